The SMILES string of the molecule is COCC(C)(CCO)NC(=O)c1ccc2ccccc2n1. The van der Waals surface area contributed by atoms with Crippen LogP contribution in [0.1, 0.15) is 23.8 Å². The van der Waals surface area contributed by atoms with Gasteiger partial charge in [0, 0.05) is 19.1 Å². The summed E-state index contributed by atoms with van der Waals surface area (Å²) >= 11 is 0. The number of hydrogen-bond donors (Lipinski definition) is 2. The first-order valence-corrected chi connectivity index (χ1v) is 6.86. The van der Waals surface area contributed by atoms with Gasteiger partial charge in [-0.15, -0.1) is 0 Å². The van der Waals surface area contributed by atoms with E-state index in [-0.39, 0.29) is 12.5 Å². The number of pyridine rings is 1. The monoisotopic (exact) mass is 288 g/mol. The highest BCUT2D eigenvalue weighted by Gasteiger charge is 2.26. The van der Waals surface area contributed by atoms with E-state index >= 15 is 0 Å². The van der Waals surface area contributed by atoms with Crippen LogP contribution >= 0.6 is 0 Å². The molecule has 0 bridgehead atoms. The molecule has 1 atom stereocenters. The lowest BCUT2D eigenvalue weighted by Gasteiger charge is -2.29. The molecule has 2 aromatic rings. The molecule has 0 spiro atoms. The predicted molar refractivity (Wildman–Crippen MR) is 81.2 cm³/mol. The van der Waals surface area contributed by atoms with E-state index in [1.165, 1.54) is 0 Å². The minimum Gasteiger partial charge on any atom is -0.396 e. The zero-order valence-corrected chi connectivity index (χ0v) is 12.3. The first-order chi connectivity index (χ1) is 10.1. The van der Waals surface area contributed by atoms with Crippen molar-refractivity contribution in [1.82, 2.24) is 10.3 Å². The number of fused-ring (bicyclic) bond motifs is 1. The Hall–Kier alpha value is -1.98. The quantitative estimate of drug-likeness (QED) is 0.849. The lowest BCUT2D eigenvalue weighted by molar-refractivity contribution is 0.0722. The molecule has 0 aliphatic carbocycles. The van der Waals surface area contributed by atoms with Crippen LogP contribution in [0.5, 0.6) is 0 Å². The van der Waals surface area contributed by atoms with Crippen molar-refractivity contribution in [1.29, 1.82) is 0 Å². The van der Waals surface area contributed by atoms with Gasteiger partial charge in [0.2, 0.25) is 0 Å². The van der Waals surface area contributed by atoms with Crippen molar-refractivity contribution in [3.05, 3.63) is 42.1 Å². The van der Waals surface area contributed by atoms with E-state index in [2.05, 4.69) is 10.3 Å². The van der Waals surface area contributed by atoms with Gasteiger partial charge in [-0.25, -0.2) is 4.98 Å². The molecule has 1 unspecified atom stereocenters. The molecule has 5 nitrogen and oxygen atoms in total. The summed E-state index contributed by atoms with van der Waals surface area (Å²) in [5.41, 5.74) is 0.517. The third-order valence-electron chi connectivity index (χ3n) is 3.37. The van der Waals surface area contributed by atoms with E-state index in [9.17, 15) is 4.79 Å². The number of carbonyl (C=O) groups is 1. The molecule has 5 heteroatoms. The highest BCUT2D eigenvalue weighted by atomic mass is 16.5. The third kappa shape index (κ3) is 3.77. The summed E-state index contributed by atoms with van der Waals surface area (Å²) in [6.45, 7) is 2.14. The van der Waals surface area contributed by atoms with Crippen LogP contribution in [0.4, 0.5) is 0 Å². The second-order valence-electron chi connectivity index (χ2n) is 5.31. The molecule has 0 saturated heterocycles. The number of hydrogen-bond acceptors (Lipinski definition) is 4. The maximum absolute atomic E-state index is 12.3. The molecule has 1 aromatic heterocycles. The number of rotatable bonds is 6. The van der Waals surface area contributed by atoms with Gasteiger partial charge in [0.1, 0.15) is 5.69 Å². The Morgan fingerprint density at radius 3 is 2.81 bits per heavy atom. The predicted octanol–water partition coefficient (Wildman–Crippen LogP) is 1.75. The van der Waals surface area contributed by atoms with Gasteiger partial charge < -0.3 is 15.2 Å². The number of para-hydroxylation sites is 1. The zero-order valence-electron chi connectivity index (χ0n) is 12.3. The van der Waals surface area contributed by atoms with E-state index in [0.717, 1.165) is 10.9 Å². The van der Waals surface area contributed by atoms with Gasteiger partial charge >= 0.3 is 0 Å². The molecule has 112 valence electrons. The second kappa shape index (κ2) is 6.65. The molecule has 1 heterocycles. The van der Waals surface area contributed by atoms with E-state index in [1.807, 2.05) is 37.3 Å². The van der Waals surface area contributed by atoms with Crippen molar-refractivity contribution in [2.45, 2.75) is 18.9 Å². The van der Waals surface area contributed by atoms with Crippen molar-refractivity contribution in [3.8, 4) is 0 Å². The number of aliphatic hydroxyl groups excluding tert-OH is 1. The van der Waals surface area contributed by atoms with Gasteiger partial charge in [-0.05, 0) is 25.5 Å². The third-order valence-corrected chi connectivity index (χ3v) is 3.37. The minimum atomic E-state index is -0.617. The Morgan fingerprint density at radius 2 is 2.10 bits per heavy atom. The van der Waals surface area contributed by atoms with Crippen LogP contribution in [0, 0.1) is 0 Å². The van der Waals surface area contributed by atoms with Gasteiger partial charge in [0.25, 0.3) is 5.91 Å². The van der Waals surface area contributed by atoms with Crippen LogP contribution in [-0.4, -0.2) is 41.9 Å². The molecule has 0 radical (unpaired) electrons. The van der Waals surface area contributed by atoms with Gasteiger partial charge in [0.15, 0.2) is 0 Å². The molecule has 2 N–H and O–H groups in total. The highest BCUT2D eigenvalue weighted by Crippen LogP contribution is 2.14. The molecular formula is C16H20N2O3. The summed E-state index contributed by atoms with van der Waals surface area (Å²) in [4.78, 5) is 16.7. The Morgan fingerprint density at radius 1 is 1.33 bits per heavy atom. The molecule has 2 rings (SSSR count). The zero-order chi connectivity index (χ0) is 15.3. The fraction of sp³-hybridized carbons (Fsp3) is 0.375. The first kappa shape index (κ1) is 15.4. The summed E-state index contributed by atoms with van der Waals surface area (Å²) in [5, 5.41) is 13.0. The van der Waals surface area contributed by atoms with Crippen LogP contribution in [0.3, 0.4) is 0 Å². The minimum absolute atomic E-state index is 0.0225. The van der Waals surface area contributed by atoms with Crippen LogP contribution in [-0.2, 0) is 4.74 Å². The maximum atomic E-state index is 12.3. The maximum Gasteiger partial charge on any atom is 0.270 e. The van der Waals surface area contributed by atoms with Gasteiger partial charge in [0.05, 0.1) is 17.7 Å². The average molecular weight is 288 g/mol. The summed E-state index contributed by atoms with van der Waals surface area (Å²) in [7, 11) is 1.57. The lowest BCUT2D eigenvalue weighted by atomic mass is 9.99. The largest absolute Gasteiger partial charge is 0.396 e. The van der Waals surface area contributed by atoms with Crippen LogP contribution in [0.2, 0.25) is 0 Å². The number of nitrogens with one attached hydrogen (secondary N) is 1. The lowest BCUT2D eigenvalue weighted by Crippen LogP contribution is -2.50. The Balaban J connectivity index is 2.20. The number of carbonyl (C=O) groups excluding carboxylic acids is 1. The number of aromatic nitrogens is 1. The smallest absolute Gasteiger partial charge is 0.270 e. The number of benzene rings is 1. The fourth-order valence-electron chi connectivity index (χ4n) is 2.27. The van der Waals surface area contributed by atoms with Crippen LogP contribution < -0.4 is 5.32 Å². The topological polar surface area (TPSA) is 71.5 Å². The van der Waals surface area contributed by atoms with Crippen molar-refractivity contribution in [3.63, 3.8) is 0 Å². The van der Waals surface area contributed by atoms with Gasteiger partial charge in [-0.3, -0.25) is 4.79 Å². The first-order valence-electron chi connectivity index (χ1n) is 6.86. The van der Waals surface area contributed by atoms with Crippen molar-refractivity contribution >= 4 is 16.8 Å². The number of ether oxygens (including phenoxy) is 1. The molecule has 0 fully saturated rings. The van der Waals surface area contributed by atoms with E-state index in [1.54, 1.807) is 13.2 Å². The molecule has 0 saturated carbocycles. The standard InChI is InChI=1S/C16H20N2O3/c1-16(9-10-19,11-21-2)18-15(20)14-8-7-12-5-3-4-6-13(12)17-14/h3-8,19H,9-11H2,1-2H3,(H,18,20). The van der Waals surface area contributed by atoms with Crippen molar-refractivity contribution < 1.29 is 14.6 Å². The highest BCUT2D eigenvalue weighted by molar-refractivity contribution is 5.95. The molecular weight excluding hydrogens is 268 g/mol. The number of methoxy groups -OCH3 is 1. The van der Waals surface area contributed by atoms with Crippen LogP contribution in [0.15, 0.2) is 36.4 Å². The van der Waals surface area contributed by atoms with Crippen molar-refractivity contribution in [2.75, 3.05) is 20.3 Å². The van der Waals surface area contributed by atoms with E-state index in [0.29, 0.717) is 18.7 Å². The average Bonchev–Trinajstić information content (AvgIpc) is 2.47. The Labute approximate surface area is 124 Å². The number of aliphatic hydroxyl groups is 1. The molecule has 0 aliphatic rings. The number of amides is 1. The Kier molecular flexibility index (Phi) is 4.88. The molecule has 1 amide bonds. The van der Waals surface area contributed by atoms with E-state index < -0.39 is 5.54 Å². The van der Waals surface area contributed by atoms with Gasteiger partial charge in [-0.2, -0.15) is 0 Å². The summed E-state index contributed by atoms with van der Waals surface area (Å²) in [6.07, 6.45) is 0.417. The summed E-state index contributed by atoms with van der Waals surface area (Å²) < 4.78 is 5.12. The van der Waals surface area contributed by atoms with Crippen LogP contribution in [0.25, 0.3) is 10.9 Å². The van der Waals surface area contributed by atoms with E-state index in [4.69, 9.17) is 9.84 Å². The normalized spacial score (nSPS) is 13.9. The second-order valence-corrected chi connectivity index (χ2v) is 5.31. The molecule has 21 heavy (non-hydrogen) atoms. The number of nitrogens with zero attached hydrogens (tertiary/aromatic N) is 1. The summed E-state index contributed by atoms with van der Waals surface area (Å²) in [5.74, 6) is -0.270. The van der Waals surface area contributed by atoms with Gasteiger partial charge in [-0.1, -0.05) is 24.3 Å². The molecule has 0 aliphatic heterocycles. The van der Waals surface area contributed by atoms with Crippen molar-refractivity contribution in [2.24, 2.45) is 0 Å². The Bertz CT molecular complexity index is 622. The fourth-order valence-corrected chi connectivity index (χ4v) is 2.27. The molecule has 1 aromatic carbocycles. The summed E-state index contributed by atoms with van der Waals surface area (Å²) in [6, 6.07) is 11.2.